The van der Waals surface area contributed by atoms with E-state index in [0.29, 0.717) is 17.8 Å². The third-order valence-corrected chi connectivity index (χ3v) is 3.10. The molecule has 0 aliphatic rings. The highest BCUT2D eigenvalue weighted by Gasteiger charge is 2.10. The zero-order valence-electron chi connectivity index (χ0n) is 12.2. The van der Waals surface area contributed by atoms with Crippen molar-refractivity contribution in [3.05, 3.63) is 65.5 Å². The minimum Gasteiger partial charge on any atom is -0.325 e. The number of benzene rings is 2. The molecule has 2 aromatic carbocycles. The maximum atomic E-state index is 13.1. The first-order valence-corrected chi connectivity index (χ1v) is 6.80. The fraction of sp³-hybridized carbons (Fsp3) is 0.176. The van der Waals surface area contributed by atoms with Crippen molar-refractivity contribution in [1.29, 1.82) is 5.26 Å². The number of carbonyl (C=O) groups excluding carboxylic acids is 1. The molecule has 0 unspecified atom stereocenters. The van der Waals surface area contributed by atoms with Crippen LogP contribution >= 0.6 is 0 Å². The Morgan fingerprint density at radius 2 is 2.05 bits per heavy atom. The molecule has 0 spiro atoms. The summed E-state index contributed by atoms with van der Waals surface area (Å²) in [5, 5.41) is 11.7. The number of nitriles is 1. The van der Waals surface area contributed by atoms with Gasteiger partial charge in [-0.05, 0) is 36.9 Å². The van der Waals surface area contributed by atoms with E-state index in [1.807, 2.05) is 12.1 Å². The molecule has 1 N–H and O–H groups in total. The average molecular weight is 297 g/mol. The Morgan fingerprint density at radius 1 is 1.27 bits per heavy atom. The Labute approximate surface area is 128 Å². The van der Waals surface area contributed by atoms with Crippen LogP contribution in [0.15, 0.2) is 48.5 Å². The molecule has 5 heteroatoms. The van der Waals surface area contributed by atoms with Crippen LogP contribution in [0.1, 0.15) is 11.1 Å². The number of hydrogen-bond acceptors (Lipinski definition) is 3. The highest BCUT2D eigenvalue weighted by atomic mass is 19.1. The van der Waals surface area contributed by atoms with E-state index in [-0.39, 0.29) is 12.5 Å². The second kappa shape index (κ2) is 7.34. The highest BCUT2D eigenvalue weighted by Crippen LogP contribution is 2.11. The van der Waals surface area contributed by atoms with Gasteiger partial charge in [-0.3, -0.25) is 9.69 Å². The molecule has 4 nitrogen and oxygen atoms in total. The van der Waals surface area contributed by atoms with E-state index in [1.54, 1.807) is 30.1 Å². The first-order chi connectivity index (χ1) is 10.6. The summed E-state index contributed by atoms with van der Waals surface area (Å²) in [6.07, 6.45) is 0. The van der Waals surface area contributed by atoms with Gasteiger partial charge in [0.2, 0.25) is 5.91 Å². The molecule has 112 valence electrons. The fourth-order valence-electron chi connectivity index (χ4n) is 2.13. The first kappa shape index (κ1) is 15.7. The van der Waals surface area contributed by atoms with Crippen molar-refractivity contribution < 1.29 is 9.18 Å². The molecule has 2 rings (SSSR count). The van der Waals surface area contributed by atoms with Crippen LogP contribution in [0.4, 0.5) is 10.1 Å². The van der Waals surface area contributed by atoms with Gasteiger partial charge in [0.05, 0.1) is 18.2 Å². The molecule has 0 saturated heterocycles. The second-order valence-electron chi connectivity index (χ2n) is 5.00. The molecule has 2 aromatic rings. The summed E-state index contributed by atoms with van der Waals surface area (Å²) in [4.78, 5) is 13.7. The Bertz CT molecular complexity index is 709. The van der Waals surface area contributed by atoms with Gasteiger partial charge >= 0.3 is 0 Å². The molecule has 1 amide bonds. The Balaban J connectivity index is 1.93. The van der Waals surface area contributed by atoms with E-state index in [4.69, 9.17) is 5.26 Å². The Morgan fingerprint density at radius 3 is 2.77 bits per heavy atom. The van der Waals surface area contributed by atoms with Crippen LogP contribution < -0.4 is 5.32 Å². The number of nitrogens with zero attached hydrogens (tertiary/aromatic N) is 2. The van der Waals surface area contributed by atoms with Gasteiger partial charge in [-0.1, -0.05) is 24.3 Å². The topological polar surface area (TPSA) is 56.1 Å². The molecule has 0 fully saturated rings. The lowest BCUT2D eigenvalue weighted by molar-refractivity contribution is -0.117. The maximum Gasteiger partial charge on any atom is 0.238 e. The van der Waals surface area contributed by atoms with Gasteiger partial charge in [0.1, 0.15) is 5.82 Å². The summed E-state index contributed by atoms with van der Waals surface area (Å²) < 4.78 is 13.1. The summed E-state index contributed by atoms with van der Waals surface area (Å²) in [6, 6.07) is 15.2. The molecule has 0 aliphatic carbocycles. The molecule has 0 saturated carbocycles. The largest absolute Gasteiger partial charge is 0.325 e. The van der Waals surface area contributed by atoms with Crippen LogP contribution in [0, 0.1) is 17.1 Å². The minimum absolute atomic E-state index is 0.149. The van der Waals surface area contributed by atoms with Crippen LogP contribution in [-0.4, -0.2) is 24.4 Å². The zero-order valence-corrected chi connectivity index (χ0v) is 12.2. The lowest BCUT2D eigenvalue weighted by Crippen LogP contribution is -2.30. The summed E-state index contributed by atoms with van der Waals surface area (Å²) >= 11 is 0. The quantitative estimate of drug-likeness (QED) is 0.923. The smallest absolute Gasteiger partial charge is 0.238 e. The number of amides is 1. The maximum absolute atomic E-state index is 13.1. The summed E-state index contributed by atoms with van der Waals surface area (Å²) in [6.45, 7) is 0.635. The van der Waals surface area contributed by atoms with Gasteiger partial charge in [-0.15, -0.1) is 0 Å². The molecule has 0 bridgehead atoms. The molecule has 0 aromatic heterocycles. The fourth-order valence-corrected chi connectivity index (χ4v) is 2.13. The third kappa shape index (κ3) is 4.40. The van der Waals surface area contributed by atoms with E-state index in [9.17, 15) is 9.18 Å². The van der Waals surface area contributed by atoms with Crippen molar-refractivity contribution in [3.8, 4) is 6.07 Å². The van der Waals surface area contributed by atoms with Crippen LogP contribution in [0.2, 0.25) is 0 Å². The molecule has 0 radical (unpaired) electrons. The number of likely N-dealkylation sites (N-methyl/N-ethyl adjacent to an activating group) is 1. The zero-order chi connectivity index (χ0) is 15.9. The van der Waals surface area contributed by atoms with Crippen molar-refractivity contribution in [3.63, 3.8) is 0 Å². The summed E-state index contributed by atoms with van der Waals surface area (Å²) in [5.74, 6) is -0.628. The Kier molecular flexibility index (Phi) is 5.23. The van der Waals surface area contributed by atoms with Gasteiger partial charge in [-0.2, -0.15) is 5.26 Å². The highest BCUT2D eigenvalue weighted by molar-refractivity contribution is 5.92. The predicted octanol–water partition coefficient (Wildman–Crippen LogP) is 2.77. The lowest BCUT2D eigenvalue weighted by Gasteiger charge is -2.17. The van der Waals surface area contributed by atoms with Crippen LogP contribution in [0.5, 0.6) is 0 Å². The monoisotopic (exact) mass is 297 g/mol. The van der Waals surface area contributed by atoms with Gasteiger partial charge in [0.25, 0.3) is 0 Å². The van der Waals surface area contributed by atoms with Crippen molar-refractivity contribution >= 4 is 11.6 Å². The van der Waals surface area contributed by atoms with Gasteiger partial charge in [0, 0.05) is 12.2 Å². The van der Waals surface area contributed by atoms with Gasteiger partial charge in [0.15, 0.2) is 0 Å². The number of halogens is 1. The predicted molar refractivity (Wildman–Crippen MR) is 82.5 cm³/mol. The molecular formula is C17H16FN3O. The summed E-state index contributed by atoms with van der Waals surface area (Å²) in [5.41, 5.74) is 1.89. The molecule has 22 heavy (non-hydrogen) atoms. The van der Waals surface area contributed by atoms with Crippen LogP contribution in [-0.2, 0) is 11.3 Å². The standard InChI is InChI=1S/C17H16FN3O/c1-21(11-14-6-3-2-5-13(14)10-19)12-17(22)20-16-8-4-7-15(18)9-16/h2-9H,11-12H2,1H3,(H,20,22). The normalized spacial score (nSPS) is 10.3. The van der Waals surface area contributed by atoms with Crippen LogP contribution in [0.3, 0.4) is 0 Å². The van der Waals surface area contributed by atoms with Crippen molar-refractivity contribution in [2.45, 2.75) is 6.54 Å². The molecule has 0 aliphatic heterocycles. The number of carbonyl (C=O) groups is 1. The number of anilines is 1. The molecule has 0 atom stereocenters. The van der Waals surface area contributed by atoms with E-state index in [1.165, 1.54) is 18.2 Å². The number of rotatable bonds is 5. The summed E-state index contributed by atoms with van der Waals surface area (Å²) in [7, 11) is 1.79. The molecular weight excluding hydrogens is 281 g/mol. The second-order valence-corrected chi connectivity index (χ2v) is 5.00. The number of hydrogen-bond donors (Lipinski definition) is 1. The van der Waals surface area contributed by atoms with Gasteiger partial charge in [-0.25, -0.2) is 4.39 Å². The number of nitrogens with one attached hydrogen (secondary N) is 1. The van der Waals surface area contributed by atoms with Crippen LogP contribution in [0.25, 0.3) is 0 Å². The van der Waals surface area contributed by atoms with Crippen molar-refractivity contribution in [2.24, 2.45) is 0 Å². The van der Waals surface area contributed by atoms with E-state index < -0.39 is 5.82 Å². The Hall–Kier alpha value is -2.71. The van der Waals surface area contributed by atoms with Crippen molar-refractivity contribution in [1.82, 2.24) is 4.90 Å². The van der Waals surface area contributed by atoms with E-state index in [2.05, 4.69) is 11.4 Å². The van der Waals surface area contributed by atoms with E-state index >= 15 is 0 Å². The average Bonchev–Trinajstić information content (AvgIpc) is 2.47. The third-order valence-electron chi connectivity index (χ3n) is 3.10. The minimum atomic E-state index is -0.394. The molecule has 0 heterocycles. The SMILES string of the molecule is CN(CC(=O)Nc1cccc(F)c1)Cc1ccccc1C#N. The van der Waals surface area contributed by atoms with Gasteiger partial charge < -0.3 is 5.32 Å². The first-order valence-electron chi connectivity index (χ1n) is 6.80. The van der Waals surface area contributed by atoms with Crippen molar-refractivity contribution in [2.75, 3.05) is 18.9 Å². The van der Waals surface area contributed by atoms with E-state index in [0.717, 1.165) is 5.56 Å². The lowest BCUT2D eigenvalue weighted by atomic mass is 10.1.